The van der Waals surface area contributed by atoms with Crippen molar-refractivity contribution in [1.82, 2.24) is 0 Å². The Kier molecular flexibility index (Phi) is 7.64. The lowest BCUT2D eigenvalue weighted by molar-refractivity contribution is -0.134. The Bertz CT molecular complexity index is 795. The molecule has 0 amide bonds. The van der Waals surface area contributed by atoms with E-state index in [1.807, 2.05) is 42.5 Å². The SMILES string of the molecule is CCOC(=O)/C(Cl)=N\Nc1cc(F)ccc1OC/C=C\c1ccccc1. The maximum absolute atomic E-state index is 13.5. The van der Waals surface area contributed by atoms with Gasteiger partial charge in [-0.15, -0.1) is 0 Å². The second-order valence-corrected chi connectivity index (χ2v) is 5.36. The summed E-state index contributed by atoms with van der Waals surface area (Å²) in [4.78, 5) is 11.4. The van der Waals surface area contributed by atoms with Gasteiger partial charge in [-0.1, -0.05) is 48.0 Å². The van der Waals surface area contributed by atoms with Crippen LogP contribution in [0.1, 0.15) is 12.5 Å². The van der Waals surface area contributed by atoms with Crippen LogP contribution in [0.4, 0.5) is 10.1 Å². The number of anilines is 1. The summed E-state index contributed by atoms with van der Waals surface area (Å²) in [7, 11) is 0. The van der Waals surface area contributed by atoms with E-state index in [2.05, 4.69) is 10.5 Å². The van der Waals surface area contributed by atoms with E-state index in [1.54, 1.807) is 6.92 Å². The highest BCUT2D eigenvalue weighted by Crippen LogP contribution is 2.25. The number of benzene rings is 2. The van der Waals surface area contributed by atoms with Crippen molar-refractivity contribution in [2.45, 2.75) is 6.92 Å². The van der Waals surface area contributed by atoms with Gasteiger partial charge in [0.15, 0.2) is 0 Å². The van der Waals surface area contributed by atoms with E-state index in [4.69, 9.17) is 21.1 Å². The summed E-state index contributed by atoms with van der Waals surface area (Å²) in [6, 6.07) is 13.7. The highest BCUT2D eigenvalue weighted by Gasteiger charge is 2.10. The molecule has 26 heavy (non-hydrogen) atoms. The number of hydrazone groups is 1. The van der Waals surface area contributed by atoms with Crippen LogP contribution in [-0.4, -0.2) is 24.4 Å². The minimum atomic E-state index is -0.772. The molecule has 0 fully saturated rings. The molecule has 0 bridgehead atoms. The van der Waals surface area contributed by atoms with Crippen molar-refractivity contribution in [3.8, 4) is 5.75 Å². The molecule has 0 spiro atoms. The minimum absolute atomic E-state index is 0.173. The van der Waals surface area contributed by atoms with Gasteiger partial charge in [0.25, 0.3) is 0 Å². The fourth-order valence-corrected chi connectivity index (χ4v) is 2.04. The normalized spacial score (nSPS) is 11.4. The van der Waals surface area contributed by atoms with Gasteiger partial charge >= 0.3 is 5.97 Å². The lowest BCUT2D eigenvalue weighted by Gasteiger charge is -2.10. The first-order valence-electron chi connectivity index (χ1n) is 7.90. The monoisotopic (exact) mass is 376 g/mol. The molecule has 0 aromatic heterocycles. The molecular weight excluding hydrogens is 359 g/mol. The number of carbonyl (C=O) groups is 1. The molecule has 5 nitrogen and oxygen atoms in total. The van der Waals surface area contributed by atoms with Crippen LogP contribution in [0.3, 0.4) is 0 Å². The van der Waals surface area contributed by atoms with Crippen LogP contribution >= 0.6 is 11.6 Å². The fourth-order valence-electron chi connectivity index (χ4n) is 1.95. The summed E-state index contributed by atoms with van der Waals surface area (Å²) in [5.41, 5.74) is 3.80. The number of halogens is 2. The lowest BCUT2D eigenvalue weighted by Crippen LogP contribution is -2.13. The molecule has 136 valence electrons. The Labute approximate surface area is 156 Å². The number of hydrogen-bond acceptors (Lipinski definition) is 5. The highest BCUT2D eigenvalue weighted by molar-refractivity contribution is 6.82. The Morgan fingerprint density at radius 2 is 2.04 bits per heavy atom. The predicted molar refractivity (Wildman–Crippen MR) is 101 cm³/mol. The van der Waals surface area contributed by atoms with Gasteiger partial charge < -0.3 is 9.47 Å². The van der Waals surface area contributed by atoms with Crippen molar-refractivity contribution < 1.29 is 18.7 Å². The summed E-state index contributed by atoms with van der Waals surface area (Å²) in [5, 5.41) is 3.29. The molecule has 0 heterocycles. The van der Waals surface area contributed by atoms with Crippen LogP contribution in [-0.2, 0) is 9.53 Å². The molecule has 0 atom stereocenters. The molecular formula is C19H18ClFN2O3. The minimum Gasteiger partial charge on any atom is -0.487 e. The van der Waals surface area contributed by atoms with Crippen molar-refractivity contribution in [3.05, 3.63) is 66.0 Å². The molecule has 0 aliphatic heterocycles. The average Bonchev–Trinajstić information content (AvgIpc) is 2.65. The standard InChI is InChI=1S/C19H18ClFN2O3/c1-2-25-19(24)18(20)23-22-16-13-15(21)10-11-17(16)26-12-6-9-14-7-4-3-5-8-14/h3-11,13,22H,2,12H2,1H3/b9-6-,23-18+. The Morgan fingerprint density at radius 1 is 1.27 bits per heavy atom. The summed E-state index contributed by atoms with van der Waals surface area (Å²) >= 11 is 5.71. The predicted octanol–water partition coefficient (Wildman–Crippen LogP) is 4.45. The van der Waals surface area contributed by atoms with E-state index in [9.17, 15) is 9.18 Å². The van der Waals surface area contributed by atoms with E-state index in [0.717, 1.165) is 5.56 Å². The van der Waals surface area contributed by atoms with Crippen LogP contribution in [0.5, 0.6) is 5.75 Å². The van der Waals surface area contributed by atoms with Gasteiger partial charge in [-0.3, -0.25) is 5.43 Å². The van der Waals surface area contributed by atoms with Gasteiger partial charge in [0, 0.05) is 6.07 Å². The molecule has 0 unspecified atom stereocenters. The van der Waals surface area contributed by atoms with E-state index in [1.165, 1.54) is 18.2 Å². The maximum Gasteiger partial charge on any atom is 0.370 e. The molecule has 2 rings (SSSR count). The number of carbonyl (C=O) groups excluding carboxylic acids is 1. The van der Waals surface area contributed by atoms with Crippen LogP contribution in [0.2, 0.25) is 0 Å². The van der Waals surface area contributed by atoms with E-state index in [-0.39, 0.29) is 18.9 Å². The van der Waals surface area contributed by atoms with Gasteiger partial charge in [0.05, 0.1) is 6.61 Å². The highest BCUT2D eigenvalue weighted by atomic mass is 35.5. The molecule has 0 radical (unpaired) electrons. The zero-order valence-corrected chi connectivity index (χ0v) is 14.9. The maximum atomic E-state index is 13.5. The van der Waals surface area contributed by atoms with Crippen molar-refractivity contribution in [1.29, 1.82) is 0 Å². The van der Waals surface area contributed by atoms with Crippen LogP contribution < -0.4 is 10.2 Å². The first kappa shape index (κ1) is 19.5. The summed E-state index contributed by atoms with van der Waals surface area (Å²) < 4.78 is 23.8. The fraction of sp³-hybridized carbons (Fsp3) is 0.158. The molecule has 0 aliphatic carbocycles. The largest absolute Gasteiger partial charge is 0.487 e. The molecule has 0 saturated heterocycles. The van der Waals surface area contributed by atoms with Gasteiger partial charge in [0.1, 0.15) is 23.9 Å². The first-order chi connectivity index (χ1) is 12.6. The number of esters is 1. The second kappa shape index (κ2) is 10.2. The third-order valence-electron chi connectivity index (χ3n) is 3.10. The Morgan fingerprint density at radius 3 is 2.77 bits per heavy atom. The molecule has 0 saturated carbocycles. The quantitative estimate of drug-likeness (QED) is 0.420. The van der Waals surface area contributed by atoms with Crippen molar-refractivity contribution >= 4 is 34.5 Å². The van der Waals surface area contributed by atoms with E-state index in [0.29, 0.717) is 5.75 Å². The lowest BCUT2D eigenvalue weighted by atomic mass is 10.2. The van der Waals surface area contributed by atoms with Crippen molar-refractivity contribution in [2.24, 2.45) is 5.10 Å². The number of nitrogens with one attached hydrogen (secondary N) is 1. The number of nitrogens with zero attached hydrogens (tertiary/aromatic N) is 1. The second-order valence-electron chi connectivity index (χ2n) is 5.00. The third-order valence-corrected chi connectivity index (χ3v) is 3.34. The topological polar surface area (TPSA) is 59.9 Å². The Hall–Kier alpha value is -2.86. The van der Waals surface area contributed by atoms with Crippen LogP contribution in [0, 0.1) is 5.82 Å². The molecule has 1 N–H and O–H groups in total. The van der Waals surface area contributed by atoms with Crippen molar-refractivity contribution in [2.75, 3.05) is 18.6 Å². The molecule has 7 heteroatoms. The van der Waals surface area contributed by atoms with E-state index < -0.39 is 17.0 Å². The van der Waals surface area contributed by atoms with Crippen LogP contribution in [0.25, 0.3) is 6.08 Å². The zero-order chi connectivity index (χ0) is 18.8. The number of hydrogen-bond donors (Lipinski definition) is 1. The summed E-state index contributed by atoms with van der Waals surface area (Å²) in [6.45, 7) is 2.09. The molecule has 2 aromatic carbocycles. The number of rotatable bonds is 8. The summed E-state index contributed by atoms with van der Waals surface area (Å²) in [6.07, 6.45) is 3.74. The zero-order valence-electron chi connectivity index (χ0n) is 14.1. The number of ether oxygens (including phenoxy) is 2. The first-order valence-corrected chi connectivity index (χ1v) is 8.28. The van der Waals surface area contributed by atoms with E-state index >= 15 is 0 Å². The van der Waals surface area contributed by atoms with Gasteiger partial charge in [-0.2, -0.15) is 5.10 Å². The van der Waals surface area contributed by atoms with Gasteiger partial charge in [0.2, 0.25) is 5.17 Å². The van der Waals surface area contributed by atoms with Gasteiger partial charge in [-0.25, -0.2) is 9.18 Å². The van der Waals surface area contributed by atoms with Crippen molar-refractivity contribution in [3.63, 3.8) is 0 Å². The average molecular weight is 377 g/mol. The van der Waals surface area contributed by atoms with Crippen LogP contribution in [0.15, 0.2) is 59.7 Å². The summed E-state index contributed by atoms with van der Waals surface area (Å²) in [5.74, 6) is -0.894. The molecule has 2 aromatic rings. The molecule has 0 aliphatic rings. The third kappa shape index (κ3) is 6.22. The van der Waals surface area contributed by atoms with Gasteiger partial charge in [-0.05, 0) is 30.7 Å². The Balaban J connectivity index is 2.01. The smallest absolute Gasteiger partial charge is 0.370 e.